The number of aromatic amines is 1. The normalized spacial score (nSPS) is 15.7. The van der Waals surface area contributed by atoms with Crippen LogP contribution < -0.4 is 11.1 Å². The lowest BCUT2D eigenvalue weighted by Crippen LogP contribution is -2.28. The van der Waals surface area contributed by atoms with E-state index in [0.29, 0.717) is 17.3 Å². The molecule has 1 unspecified atom stereocenters. The second-order valence-electron chi connectivity index (χ2n) is 5.73. The van der Waals surface area contributed by atoms with Crippen LogP contribution in [0.1, 0.15) is 59.0 Å². The number of hydrogen-bond donors (Lipinski definition) is 3. The van der Waals surface area contributed by atoms with Crippen molar-refractivity contribution in [1.82, 2.24) is 15.5 Å². The maximum Gasteiger partial charge on any atom is 0.274 e. The quantitative estimate of drug-likeness (QED) is 0.807. The van der Waals surface area contributed by atoms with Gasteiger partial charge in [-0.3, -0.25) is 9.89 Å². The maximum absolute atomic E-state index is 12.3. The molecule has 1 aliphatic rings. The lowest BCUT2D eigenvalue weighted by atomic mass is 10.0. The van der Waals surface area contributed by atoms with Crippen molar-refractivity contribution < 1.29 is 4.79 Å². The minimum Gasteiger partial charge on any atom is -0.395 e. The Balaban J connectivity index is 1.75. The molecule has 1 heterocycles. The molecule has 3 rings (SSSR count). The zero-order valence-corrected chi connectivity index (χ0v) is 12.3. The number of nitrogens with two attached hydrogens (primary N) is 1. The monoisotopic (exact) mass is 284 g/mol. The summed E-state index contributed by atoms with van der Waals surface area (Å²) in [5.74, 6) is 0.222. The lowest BCUT2D eigenvalue weighted by Gasteiger charge is -2.16. The molecule has 0 saturated heterocycles. The molecule has 1 saturated carbocycles. The van der Waals surface area contributed by atoms with Gasteiger partial charge in [0.05, 0.1) is 17.4 Å². The minimum atomic E-state index is -0.230. The number of hydrogen-bond acceptors (Lipinski definition) is 3. The number of carbonyl (C=O) groups is 1. The first kappa shape index (κ1) is 13.7. The van der Waals surface area contributed by atoms with Gasteiger partial charge in [-0.2, -0.15) is 5.10 Å². The van der Waals surface area contributed by atoms with Crippen molar-refractivity contribution in [3.63, 3.8) is 0 Å². The van der Waals surface area contributed by atoms with Crippen LogP contribution in [0.2, 0.25) is 0 Å². The van der Waals surface area contributed by atoms with Crippen LogP contribution in [0.25, 0.3) is 0 Å². The van der Waals surface area contributed by atoms with Crippen LogP contribution in [0, 0.1) is 6.92 Å². The maximum atomic E-state index is 12.3. The second-order valence-corrected chi connectivity index (χ2v) is 5.73. The highest BCUT2D eigenvalue weighted by Gasteiger charge is 2.30. The molecule has 21 heavy (non-hydrogen) atoms. The van der Waals surface area contributed by atoms with Gasteiger partial charge >= 0.3 is 0 Å². The third kappa shape index (κ3) is 2.63. The zero-order chi connectivity index (χ0) is 15.0. The molecule has 5 nitrogen and oxygen atoms in total. The van der Waals surface area contributed by atoms with Gasteiger partial charge in [0.2, 0.25) is 0 Å². The van der Waals surface area contributed by atoms with E-state index in [1.54, 1.807) is 0 Å². The van der Waals surface area contributed by atoms with Crippen LogP contribution in [0.4, 0.5) is 5.69 Å². The molecule has 4 N–H and O–H groups in total. The molecule has 0 bridgehead atoms. The highest BCUT2D eigenvalue weighted by atomic mass is 16.2. The van der Waals surface area contributed by atoms with Crippen molar-refractivity contribution in [3.8, 4) is 0 Å². The number of carbonyl (C=O) groups excluding carboxylic acids is 1. The van der Waals surface area contributed by atoms with E-state index < -0.39 is 0 Å². The summed E-state index contributed by atoms with van der Waals surface area (Å²) >= 11 is 0. The first-order chi connectivity index (χ1) is 10.1. The first-order valence-corrected chi connectivity index (χ1v) is 7.28. The summed E-state index contributed by atoms with van der Waals surface area (Å²) in [6.45, 7) is 4.00. The molecule has 0 spiro atoms. The fourth-order valence-corrected chi connectivity index (χ4v) is 2.64. The van der Waals surface area contributed by atoms with Gasteiger partial charge in [-0.25, -0.2) is 0 Å². The Morgan fingerprint density at radius 1 is 1.43 bits per heavy atom. The van der Waals surface area contributed by atoms with E-state index in [2.05, 4.69) is 15.5 Å². The molecule has 0 radical (unpaired) electrons. The van der Waals surface area contributed by atoms with Gasteiger partial charge in [0.15, 0.2) is 5.69 Å². The molecule has 5 heteroatoms. The van der Waals surface area contributed by atoms with Crippen molar-refractivity contribution >= 4 is 11.6 Å². The molecule has 1 aromatic heterocycles. The number of aryl methyl sites for hydroxylation is 1. The van der Waals surface area contributed by atoms with Crippen LogP contribution in [-0.2, 0) is 0 Å². The fourth-order valence-electron chi connectivity index (χ4n) is 2.64. The van der Waals surface area contributed by atoms with Crippen molar-refractivity contribution in [2.75, 3.05) is 5.73 Å². The van der Waals surface area contributed by atoms with Crippen LogP contribution >= 0.6 is 0 Å². The Morgan fingerprint density at radius 2 is 2.14 bits per heavy atom. The van der Waals surface area contributed by atoms with Gasteiger partial charge in [0.1, 0.15) is 0 Å². The summed E-state index contributed by atoms with van der Waals surface area (Å²) in [5, 5.41) is 9.95. The third-order valence-electron chi connectivity index (χ3n) is 4.04. The first-order valence-electron chi connectivity index (χ1n) is 7.28. The highest BCUT2D eigenvalue weighted by Crippen LogP contribution is 2.42. The number of anilines is 1. The fraction of sp³-hybridized carbons (Fsp3) is 0.375. The summed E-state index contributed by atoms with van der Waals surface area (Å²) in [5.41, 5.74) is 9.99. The molecule has 1 aromatic carbocycles. The molecule has 1 amide bonds. The Kier molecular flexibility index (Phi) is 3.41. The predicted molar refractivity (Wildman–Crippen MR) is 82.0 cm³/mol. The Hall–Kier alpha value is -2.30. The van der Waals surface area contributed by atoms with E-state index in [4.69, 9.17) is 5.73 Å². The van der Waals surface area contributed by atoms with Crippen LogP contribution in [0.15, 0.2) is 24.3 Å². The number of amides is 1. The van der Waals surface area contributed by atoms with E-state index in [0.717, 1.165) is 29.7 Å². The van der Waals surface area contributed by atoms with E-state index in [1.807, 2.05) is 38.1 Å². The van der Waals surface area contributed by atoms with Crippen LogP contribution in [-0.4, -0.2) is 16.1 Å². The van der Waals surface area contributed by atoms with Crippen molar-refractivity contribution in [3.05, 3.63) is 46.8 Å². The second kappa shape index (κ2) is 5.24. The number of H-pyrrole nitrogens is 1. The topological polar surface area (TPSA) is 83.8 Å². The number of aromatic nitrogens is 2. The smallest absolute Gasteiger partial charge is 0.274 e. The number of nitrogens with zero attached hydrogens (tertiary/aromatic N) is 1. The average molecular weight is 284 g/mol. The summed E-state index contributed by atoms with van der Waals surface area (Å²) in [6, 6.07) is 7.93. The largest absolute Gasteiger partial charge is 0.395 e. The Labute approximate surface area is 123 Å². The van der Waals surface area contributed by atoms with E-state index in [9.17, 15) is 4.79 Å². The van der Waals surface area contributed by atoms with Gasteiger partial charge in [0.25, 0.3) is 5.91 Å². The Morgan fingerprint density at radius 3 is 2.81 bits per heavy atom. The molecule has 2 aromatic rings. The standard InChI is InChI=1S/C16H20N4O/c1-9-5-3-4-6-12(9)10(2)18-16(21)15-13(17)14(19-20-15)11-7-8-11/h3-6,10-11H,7-8,17H2,1-2H3,(H,18,21)(H,19,20). The summed E-state index contributed by atoms with van der Waals surface area (Å²) in [6.07, 6.45) is 2.24. The zero-order valence-electron chi connectivity index (χ0n) is 12.3. The average Bonchev–Trinajstić information content (AvgIpc) is 3.22. The number of nitrogen functional groups attached to an aromatic ring is 1. The lowest BCUT2D eigenvalue weighted by molar-refractivity contribution is 0.0935. The molecule has 1 fully saturated rings. The van der Waals surface area contributed by atoms with Gasteiger partial charge in [-0.05, 0) is 37.8 Å². The van der Waals surface area contributed by atoms with E-state index >= 15 is 0 Å². The van der Waals surface area contributed by atoms with Gasteiger partial charge in [-0.1, -0.05) is 24.3 Å². The van der Waals surface area contributed by atoms with Crippen LogP contribution in [0.3, 0.4) is 0 Å². The molecule has 1 atom stereocenters. The molecular formula is C16H20N4O. The number of benzene rings is 1. The minimum absolute atomic E-state index is 0.0841. The third-order valence-corrected chi connectivity index (χ3v) is 4.04. The SMILES string of the molecule is Cc1ccccc1C(C)NC(=O)c1n[nH]c(C2CC2)c1N. The van der Waals surface area contributed by atoms with Gasteiger partial charge in [0, 0.05) is 5.92 Å². The van der Waals surface area contributed by atoms with Gasteiger partial charge in [-0.15, -0.1) is 0 Å². The van der Waals surface area contributed by atoms with Crippen molar-refractivity contribution in [2.24, 2.45) is 0 Å². The van der Waals surface area contributed by atoms with E-state index in [-0.39, 0.29) is 11.9 Å². The van der Waals surface area contributed by atoms with Crippen molar-refractivity contribution in [1.29, 1.82) is 0 Å². The van der Waals surface area contributed by atoms with Crippen LogP contribution in [0.5, 0.6) is 0 Å². The summed E-state index contributed by atoms with van der Waals surface area (Å²) in [7, 11) is 0. The van der Waals surface area contributed by atoms with Gasteiger partial charge < -0.3 is 11.1 Å². The molecule has 0 aliphatic heterocycles. The summed E-state index contributed by atoms with van der Waals surface area (Å²) < 4.78 is 0. The van der Waals surface area contributed by atoms with E-state index in [1.165, 1.54) is 0 Å². The molecular weight excluding hydrogens is 264 g/mol. The van der Waals surface area contributed by atoms with Crippen molar-refractivity contribution in [2.45, 2.75) is 38.6 Å². The highest BCUT2D eigenvalue weighted by molar-refractivity contribution is 5.98. The number of nitrogens with one attached hydrogen (secondary N) is 2. The molecule has 1 aliphatic carbocycles. The molecule has 110 valence electrons. The Bertz CT molecular complexity index is 673. The predicted octanol–water partition coefficient (Wildman–Crippen LogP) is 2.67. The number of rotatable bonds is 4. The summed E-state index contributed by atoms with van der Waals surface area (Å²) in [4.78, 5) is 12.3.